The number of benzene rings is 16. The number of ether oxygens (including phenoxy) is 4. The number of carbonyl (C=O) groups excluding carboxylic acids is 5. The van der Waals surface area contributed by atoms with Gasteiger partial charge in [0.15, 0.2) is 0 Å². The van der Waals surface area contributed by atoms with Gasteiger partial charge in [0.1, 0.15) is 42.0 Å². The summed E-state index contributed by atoms with van der Waals surface area (Å²) in [5, 5.41) is 35.6. The second-order valence-electron chi connectivity index (χ2n) is 35.1. The third kappa shape index (κ3) is 30.1. The molecule has 3 amide bonds. The van der Waals surface area contributed by atoms with Gasteiger partial charge in [-0.05, 0) is 241 Å². The van der Waals surface area contributed by atoms with Gasteiger partial charge in [-0.1, -0.05) is 311 Å². The van der Waals surface area contributed by atoms with E-state index in [1.165, 1.54) is 45.7 Å². The van der Waals surface area contributed by atoms with Crippen molar-refractivity contribution in [3.63, 3.8) is 0 Å². The molecule has 18 nitrogen and oxygen atoms in total. The van der Waals surface area contributed by atoms with Gasteiger partial charge in [0.2, 0.25) is 17.7 Å². The summed E-state index contributed by atoms with van der Waals surface area (Å²) in [6.45, 7) is 6.20. The Morgan fingerprint density at radius 2 is 0.816 bits per heavy atom. The first-order valence-corrected chi connectivity index (χ1v) is 47.7. The van der Waals surface area contributed by atoms with Crippen molar-refractivity contribution in [3.8, 4) is 34.1 Å². The first kappa shape index (κ1) is 102. The molecule has 3 N–H and O–H groups in total. The van der Waals surface area contributed by atoms with E-state index in [1.807, 2.05) is 238 Å². The zero-order valence-electron chi connectivity index (χ0n) is 80.6. The summed E-state index contributed by atoms with van der Waals surface area (Å²) in [7, 11) is 6.80. The molecule has 0 aliphatic carbocycles. The predicted octanol–water partition coefficient (Wildman–Crippen LogP) is 25.2. The number of fused-ring (bicyclic) bond motifs is 4. The number of Topliss-reactive ketones (excluding diaryl/α,β-unsaturated/α-hetero) is 1. The Kier molecular flexibility index (Phi) is 37.4. The summed E-state index contributed by atoms with van der Waals surface area (Å²) >= 11 is 0. The fourth-order valence-electron chi connectivity index (χ4n) is 17.1. The van der Waals surface area contributed by atoms with Gasteiger partial charge < -0.3 is 53.8 Å². The highest BCUT2D eigenvalue weighted by Crippen LogP contribution is 2.38. The molecule has 0 aromatic heterocycles. The van der Waals surface area contributed by atoms with Crippen LogP contribution in [0, 0.1) is 0 Å². The molecule has 0 radical (unpaired) electrons. The summed E-state index contributed by atoms with van der Waals surface area (Å²) < 4.78 is 23.0. The fraction of sp³-hybridized carbons (Fsp3) is 0.203. The van der Waals surface area contributed by atoms with E-state index in [0.717, 1.165) is 111 Å². The maximum atomic E-state index is 13.3. The Hall–Kier alpha value is -16.3. The number of amides is 3. The predicted molar refractivity (Wildman–Crippen MR) is 561 cm³/mol. The monoisotopic (exact) mass is 1880 g/mol. The minimum absolute atomic E-state index is 0.00733. The van der Waals surface area contributed by atoms with Gasteiger partial charge in [0.25, 0.3) is 0 Å². The lowest BCUT2D eigenvalue weighted by atomic mass is 9.85. The molecule has 0 aliphatic heterocycles. The zero-order chi connectivity index (χ0) is 99.4. The molecule has 16 aromatic rings. The van der Waals surface area contributed by atoms with E-state index in [4.69, 9.17) is 18.9 Å². The molecule has 1 atom stereocenters. The smallest absolute Gasteiger partial charge is 0.337 e. The van der Waals surface area contributed by atoms with Crippen LogP contribution in [-0.2, 0) is 98.1 Å². The van der Waals surface area contributed by atoms with Crippen molar-refractivity contribution in [3.05, 3.63) is 447 Å². The fourth-order valence-corrected chi connectivity index (χ4v) is 17.1. The molecule has 0 saturated heterocycles. The van der Waals surface area contributed by atoms with Crippen LogP contribution in [0.15, 0.2) is 370 Å². The molecule has 0 aliphatic rings. The lowest BCUT2D eigenvalue weighted by Gasteiger charge is -2.21. The summed E-state index contributed by atoms with van der Waals surface area (Å²) in [5.74, 6) is -0.192. The molecule has 0 bridgehead atoms. The number of hydrogen-bond acceptors (Lipinski definition) is 12. The number of esters is 1. The van der Waals surface area contributed by atoms with E-state index in [-0.39, 0.29) is 53.9 Å². The quantitative estimate of drug-likeness (QED) is 0.0184. The van der Waals surface area contributed by atoms with Crippen molar-refractivity contribution in [2.75, 3.05) is 47.9 Å². The van der Waals surface area contributed by atoms with Crippen LogP contribution < -0.4 is 14.2 Å². The van der Waals surface area contributed by atoms with Crippen molar-refractivity contribution in [2.24, 2.45) is 0 Å². The number of aromatic carboxylic acids is 1. The molecule has 716 valence electrons. The summed E-state index contributed by atoms with van der Waals surface area (Å²) in [5.41, 5.74) is 15.3. The van der Waals surface area contributed by atoms with Gasteiger partial charge in [-0.3, -0.25) is 19.2 Å². The van der Waals surface area contributed by atoms with E-state index in [0.29, 0.717) is 103 Å². The number of likely N-dealkylation sites (N-methyl/N-ethyl adjacent to an activating group) is 3. The average molecular weight is 1880 g/mol. The first-order chi connectivity index (χ1) is 68.5. The Balaban J connectivity index is 0.000000160. The Morgan fingerprint density at radius 3 is 1.35 bits per heavy atom. The number of carbonyl (C=O) groups is 8. The zero-order valence-corrected chi connectivity index (χ0v) is 80.6. The second kappa shape index (κ2) is 51.7. The lowest BCUT2D eigenvalue weighted by Crippen LogP contribution is -2.30. The van der Waals surface area contributed by atoms with Crippen LogP contribution in [0.25, 0.3) is 60.3 Å². The number of carboxylic acids is 3. The van der Waals surface area contributed by atoms with Crippen LogP contribution in [0.3, 0.4) is 0 Å². The number of hydrogen-bond donors (Lipinski definition) is 3. The minimum Gasteiger partial charge on any atom is -0.489 e. The van der Waals surface area contributed by atoms with E-state index in [9.17, 15) is 53.7 Å². The highest BCUT2D eigenvalue weighted by Gasteiger charge is 2.23. The molecule has 0 heterocycles. The van der Waals surface area contributed by atoms with Gasteiger partial charge in [-0.15, -0.1) is 0 Å². The van der Waals surface area contributed by atoms with Crippen molar-refractivity contribution < 1.29 is 72.6 Å². The minimum atomic E-state index is -1.03. The Labute approximate surface area is 824 Å². The SMILES string of the molecule is CC(=O)CCCCC(Cc1ccc(CC(=O)N(C)CCc2ccccc2)c2ccccc12)c1ccccc1.CC/C(=C\c1cc(CC(=O)N(C)CCc2ccccc2)c2cccc(OCc3ccccc3)c2c1)C(=O)O.CN(CCc1ccccc1)C(=O)Cc1cc(C(=O)O)cc2cc(OCc3ccc(-c4ccccc4)cc3)ccc12.COC(=O)c1cc(CC(=O)O)c2cccc(Oc3ccccc3)c2c1. The molecule has 16 rings (SSSR count). The van der Waals surface area contributed by atoms with Crippen LogP contribution in [-0.4, -0.2) is 125 Å². The molecule has 0 saturated carbocycles. The summed E-state index contributed by atoms with van der Waals surface area (Å²) in [6, 6.07) is 119. The molecule has 18 heteroatoms. The van der Waals surface area contributed by atoms with Gasteiger partial charge in [0.05, 0.1) is 43.9 Å². The average Bonchev–Trinajstić information content (AvgIpc) is 0.799. The summed E-state index contributed by atoms with van der Waals surface area (Å²) in [4.78, 5) is 103. The Bertz CT molecular complexity index is 6960. The van der Waals surface area contributed by atoms with Crippen LogP contribution in [0.5, 0.6) is 23.0 Å². The van der Waals surface area contributed by atoms with E-state index < -0.39 is 23.9 Å². The van der Waals surface area contributed by atoms with Crippen LogP contribution in [0.4, 0.5) is 0 Å². The van der Waals surface area contributed by atoms with Crippen LogP contribution >= 0.6 is 0 Å². The van der Waals surface area contributed by atoms with Crippen molar-refractivity contribution in [1.82, 2.24) is 14.7 Å². The van der Waals surface area contributed by atoms with E-state index in [1.54, 1.807) is 66.2 Å². The third-order valence-electron chi connectivity index (χ3n) is 25.0. The Morgan fingerprint density at radius 1 is 0.369 bits per heavy atom. The van der Waals surface area contributed by atoms with Gasteiger partial charge >= 0.3 is 23.9 Å². The van der Waals surface area contributed by atoms with Crippen LogP contribution in [0.1, 0.15) is 139 Å². The largest absolute Gasteiger partial charge is 0.489 e. The van der Waals surface area contributed by atoms with Crippen molar-refractivity contribution in [1.29, 1.82) is 0 Å². The molecule has 141 heavy (non-hydrogen) atoms. The number of para-hydroxylation sites is 1. The number of carboxylic acid groups (broad SMARTS) is 3. The number of methoxy groups -OCH3 is 1. The normalized spacial score (nSPS) is 11.2. The van der Waals surface area contributed by atoms with E-state index >= 15 is 0 Å². The van der Waals surface area contributed by atoms with Crippen LogP contribution in [0.2, 0.25) is 0 Å². The molecular formula is C123H119N3O15. The maximum absolute atomic E-state index is 13.3. The molecule has 1 unspecified atom stereocenters. The number of ketones is 1. The van der Waals surface area contributed by atoms with E-state index in [2.05, 4.69) is 115 Å². The van der Waals surface area contributed by atoms with Gasteiger partial charge in [0, 0.05) is 63.5 Å². The lowest BCUT2D eigenvalue weighted by molar-refractivity contribution is -0.136. The number of rotatable bonds is 39. The number of unbranched alkanes of at least 4 members (excludes halogenated alkanes) is 1. The van der Waals surface area contributed by atoms with Gasteiger partial charge in [-0.2, -0.15) is 0 Å². The standard InChI is InChI=1S/C35H31NO4.C35H39NO2.C33H33NO4.C20H16O5/c1-36(19-18-25-8-4-2-5-9-25)34(37)23-30-21-31(35(38)39)20-29-22-32(16-17-33(29)30)40-24-26-12-14-28(15-13-26)27-10-6-3-7-11-27;1-27(37)13-9-10-18-30(29-16-7-4-8-17-29)25-31-21-22-32(34-20-12-11-19-33(31)34)26-35(38)36(2)24-23-28-14-5-3-6-15-28;1-3-27(33(36)37)19-26-20-28(22-32(35)34(2)18-17-24-11-6-4-7-12-24)29-15-10-16-31(30(29)21-26)38-23-25-13-8-5-9-14-25;1-24-20(23)14-10-13(12-19(21)22)16-8-5-9-18(17(16)11-14)25-15-6-3-2-4-7-15/h2-17,20-22H,18-19,23-24H2,1H3,(H,38,39);3-8,11-12,14-17,19-22,30H,9-10,13,18,23-26H2,1-2H3;4-16,19-21H,3,17-18,22-23H2,1-2H3,(H,36,37);2-11H,12H2,1H3,(H,21,22)/b;;27-19+;. The first-order valence-electron chi connectivity index (χ1n) is 47.7. The third-order valence-corrected chi connectivity index (χ3v) is 25.0. The highest BCUT2D eigenvalue weighted by molar-refractivity contribution is 6.02. The second-order valence-corrected chi connectivity index (χ2v) is 35.1. The summed E-state index contributed by atoms with van der Waals surface area (Å²) in [6.07, 6.45) is 9.65. The molecule has 0 fully saturated rings. The highest BCUT2D eigenvalue weighted by atomic mass is 16.5. The van der Waals surface area contributed by atoms with Crippen molar-refractivity contribution in [2.45, 2.75) is 116 Å². The van der Waals surface area contributed by atoms with Gasteiger partial charge in [-0.25, -0.2) is 14.4 Å². The molecular weight excluding hydrogens is 1760 g/mol. The molecule has 16 aromatic carbocycles. The van der Waals surface area contributed by atoms with Crippen molar-refractivity contribution >= 4 is 96.5 Å². The number of aliphatic carboxylic acids is 2. The topological polar surface area (TPSA) is 244 Å². The number of nitrogens with zero attached hydrogens (tertiary/aromatic N) is 3. The maximum Gasteiger partial charge on any atom is 0.337 e. The molecule has 0 spiro atoms.